The fourth-order valence-corrected chi connectivity index (χ4v) is 0.649. The zero-order chi connectivity index (χ0) is 10.3. The standard InChI is InChI=1S/C7H14N2O4/c1-13-7(12)5(10)4-9-6(11)2-3-8/h5,10H,2-4,8H2,1H3,(H,9,11). The Morgan fingerprint density at radius 2 is 2.23 bits per heavy atom. The third-order valence-corrected chi connectivity index (χ3v) is 1.34. The maximum Gasteiger partial charge on any atom is 0.336 e. The minimum atomic E-state index is -1.31. The molecule has 0 radical (unpaired) electrons. The van der Waals surface area contributed by atoms with Crippen LogP contribution in [0.15, 0.2) is 0 Å². The normalized spacial score (nSPS) is 11.9. The predicted molar refractivity (Wildman–Crippen MR) is 44.7 cm³/mol. The van der Waals surface area contributed by atoms with E-state index in [4.69, 9.17) is 10.8 Å². The molecule has 0 saturated heterocycles. The van der Waals surface area contributed by atoms with E-state index in [1.54, 1.807) is 0 Å². The van der Waals surface area contributed by atoms with Crippen molar-refractivity contribution >= 4 is 11.9 Å². The van der Waals surface area contributed by atoms with Gasteiger partial charge in [-0.25, -0.2) is 4.79 Å². The van der Waals surface area contributed by atoms with Crippen molar-refractivity contribution in [1.29, 1.82) is 0 Å². The van der Waals surface area contributed by atoms with E-state index in [0.29, 0.717) is 0 Å². The molecule has 13 heavy (non-hydrogen) atoms. The van der Waals surface area contributed by atoms with Gasteiger partial charge in [-0.2, -0.15) is 0 Å². The van der Waals surface area contributed by atoms with E-state index in [-0.39, 0.29) is 25.4 Å². The Morgan fingerprint density at radius 3 is 2.69 bits per heavy atom. The summed E-state index contributed by atoms with van der Waals surface area (Å²) in [5.74, 6) is -1.07. The lowest BCUT2D eigenvalue weighted by Gasteiger charge is -2.08. The summed E-state index contributed by atoms with van der Waals surface area (Å²) in [6, 6.07) is 0. The highest BCUT2D eigenvalue weighted by Crippen LogP contribution is 1.85. The lowest BCUT2D eigenvalue weighted by molar-refractivity contribution is -0.150. The van der Waals surface area contributed by atoms with Crippen LogP contribution in [0.4, 0.5) is 0 Å². The van der Waals surface area contributed by atoms with Crippen LogP contribution in [0.5, 0.6) is 0 Å². The van der Waals surface area contributed by atoms with Crippen LogP contribution >= 0.6 is 0 Å². The molecule has 0 saturated carbocycles. The van der Waals surface area contributed by atoms with Gasteiger partial charge in [0, 0.05) is 13.0 Å². The first kappa shape index (κ1) is 11.9. The van der Waals surface area contributed by atoms with Crippen LogP contribution in [0.3, 0.4) is 0 Å². The van der Waals surface area contributed by atoms with E-state index >= 15 is 0 Å². The summed E-state index contributed by atoms with van der Waals surface area (Å²) in [6.07, 6.45) is -1.14. The number of ether oxygens (including phenoxy) is 1. The second kappa shape index (κ2) is 6.38. The SMILES string of the molecule is COC(=O)C(O)CNC(=O)CCN. The molecule has 0 fully saturated rings. The minimum absolute atomic E-state index is 0.147. The quantitative estimate of drug-likeness (QED) is 0.434. The number of aliphatic hydroxyl groups excluding tert-OH is 1. The number of carbonyl (C=O) groups is 2. The summed E-state index contributed by atoms with van der Waals surface area (Å²) in [4.78, 5) is 21.4. The molecule has 0 bridgehead atoms. The van der Waals surface area contributed by atoms with Crippen molar-refractivity contribution < 1.29 is 19.4 Å². The molecule has 0 aromatic carbocycles. The van der Waals surface area contributed by atoms with Crippen molar-refractivity contribution in [3.63, 3.8) is 0 Å². The van der Waals surface area contributed by atoms with Crippen molar-refractivity contribution in [2.75, 3.05) is 20.2 Å². The number of methoxy groups -OCH3 is 1. The average molecular weight is 190 g/mol. The number of esters is 1. The van der Waals surface area contributed by atoms with Gasteiger partial charge < -0.3 is 20.9 Å². The molecule has 0 aromatic heterocycles. The Kier molecular flexibility index (Phi) is 5.82. The Hall–Kier alpha value is -1.14. The van der Waals surface area contributed by atoms with Gasteiger partial charge in [-0.3, -0.25) is 4.79 Å². The van der Waals surface area contributed by atoms with Crippen LogP contribution in [0, 0.1) is 0 Å². The van der Waals surface area contributed by atoms with E-state index < -0.39 is 12.1 Å². The fourth-order valence-electron chi connectivity index (χ4n) is 0.649. The molecule has 6 heteroatoms. The Morgan fingerprint density at radius 1 is 1.62 bits per heavy atom. The van der Waals surface area contributed by atoms with Gasteiger partial charge in [0.1, 0.15) is 0 Å². The second-order valence-corrected chi connectivity index (χ2v) is 2.38. The molecule has 0 heterocycles. The monoisotopic (exact) mass is 190 g/mol. The van der Waals surface area contributed by atoms with Gasteiger partial charge in [-0.1, -0.05) is 0 Å². The van der Waals surface area contributed by atoms with Gasteiger partial charge in [0.2, 0.25) is 5.91 Å². The van der Waals surface area contributed by atoms with Crippen LogP contribution in [0.1, 0.15) is 6.42 Å². The lowest BCUT2D eigenvalue weighted by Crippen LogP contribution is -2.37. The van der Waals surface area contributed by atoms with Gasteiger partial charge in [-0.15, -0.1) is 0 Å². The molecule has 0 aliphatic heterocycles. The third kappa shape index (κ3) is 5.15. The van der Waals surface area contributed by atoms with Gasteiger partial charge in [-0.05, 0) is 0 Å². The molecule has 0 spiro atoms. The predicted octanol–water partition coefficient (Wildman–Crippen LogP) is -2.01. The van der Waals surface area contributed by atoms with E-state index in [1.165, 1.54) is 0 Å². The third-order valence-electron chi connectivity index (χ3n) is 1.34. The van der Waals surface area contributed by atoms with Crippen molar-refractivity contribution in [3.05, 3.63) is 0 Å². The van der Waals surface area contributed by atoms with Gasteiger partial charge >= 0.3 is 5.97 Å². The lowest BCUT2D eigenvalue weighted by atomic mass is 10.3. The fraction of sp³-hybridized carbons (Fsp3) is 0.714. The maximum absolute atomic E-state index is 10.8. The highest BCUT2D eigenvalue weighted by atomic mass is 16.5. The van der Waals surface area contributed by atoms with Gasteiger partial charge in [0.05, 0.1) is 13.7 Å². The molecule has 4 N–H and O–H groups in total. The summed E-state index contributed by atoms with van der Waals surface area (Å²) >= 11 is 0. The Bertz CT molecular complexity index is 183. The summed E-state index contributed by atoms with van der Waals surface area (Å²) < 4.78 is 4.24. The molecule has 0 aliphatic rings. The molecule has 1 amide bonds. The summed E-state index contributed by atoms with van der Waals surface area (Å²) in [5.41, 5.74) is 5.11. The first-order valence-corrected chi connectivity index (χ1v) is 3.84. The average Bonchev–Trinajstić information content (AvgIpc) is 2.13. The van der Waals surface area contributed by atoms with Crippen LogP contribution < -0.4 is 11.1 Å². The van der Waals surface area contributed by atoms with Crippen LogP contribution in [-0.4, -0.2) is 43.3 Å². The number of hydrogen-bond donors (Lipinski definition) is 3. The molecule has 76 valence electrons. The number of carbonyl (C=O) groups excluding carboxylic acids is 2. The van der Waals surface area contributed by atoms with Gasteiger partial charge in [0.25, 0.3) is 0 Å². The summed E-state index contributed by atoms with van der Waals surface area (Å²) in [7, 11) is 1.16. The van der Waals surface area contributed by atoms with E-state index in [1.807, 2.05) is 0 Å². The zero-order valence-electron chi connectivity index (χ0n) is 7.45. The van der Waals surface area contributed by atoms with E-state index in [0.717, 1.165) is 7.11 Å². The number of aliphatic hydroxyl groups is 1. The number of nitrogens with two attached hydrogens (primary N) is 1. The molecule has 1 atom stereocenters. The van der Waals surface area contributed by atoms with Crippen molar-refractivity contribution in [3.8, 4) is 0 Å². The summed E-state index contributed by atoms with van der Waals surface area (Å²) in [5, 5.41) is 11.3. The van der Waals surface area contributed by atoms with Gasteiger partial charge in [0.15, 0.2) is 6.10 Å². The molecular weight excluding hydrogens is 176 g/mol. The first-order valence-electron chi connectivity index (χ1n) is 3.84. The number of amides is 1. The van der Waals surface area contributed by atoms with E-state index in [9.17, 15) is 9.59 Å². The van der Waals surface area contributed by atoms with Crippen LogP contribution in [0.2, 0.25) is 0 Å². The second-order valence-electron chi connectivity index (χ2n) is 2.38. The topological polar surface area (TPSA) is 102 Å². The highest BCUT2D eigenvalue weighted by molar-refractivity contribution is 5.78. The first-order chi connectivity index (χ1) is 6.11. The highest BCUT2D eigenvalue weighted by Gasteiger charge is 2.15. The number of hydrogen-bond acceptors (Lipinski definition) is 5. The molecule has 6 nitrogen and oxygen atoms in total. The largest absolute Gasteiger partial charge is 0.467 e. The Balaban J connectivity index is 3.63. The van der Waals surface area contributed by atoms with Crippen molar-refractivity contribution in [2.45, 2.75) is 12.5 Å². The maximum atomic E-state index is 10.8. The van der Waals surface area contributed by atoms with E-state index in [2.05, 4.69) is 10.1 Å². The van der Waals surface area contributed by atoms with Crippen molar-refractivity contribution in [2.24, 2.45) is 5.73 Å². The van der Waals surface area contributed by atoms with Crippen molar-refractivity contribution in [1.82, 2.24) is 5.32 Å². The smallest absolute Gasteiger partial charge is 0.336 e. The molecule has 0 rings (SSSR count). The number of rotatable bonds is 5. The molecular formula is C7H14N2O4. The summed E-state index contributed by atoms with van der Waals surface area (Å²) in [6.45, 7) is 0.0889. The van der Waals surface area contributed by atoms with Crippen LogP contribution in [-0.2, 0) is 14.3 Å². The minimum Gasteiger partial charge on any atom is -0.467 e. The molecule has 0 aliphatic carbocycles. The Labute approximate surface area is 76.0 Å². The van der Waals surface area contributed by atoms with Crippen LogP contribution in [0.25, 0.3) is 0 Å². The molecule has 1 unspecified atom stereocenters. The number of nitrogens with one attached hydrogen (secondary N) is 1. The zero-order valence-corrected chi connectivity index (χ0v) is 7.45. The molecule has 0 aromatic rings.